The molecule has 0 radical (unpaired) electrons. The highest BCUT2D eigenvalue weighted by Gasteiger charge is 2.18. The molecule has 0 saturated heterocycles. The molecule has 2 N–H and O–H groups in total. The van der Waals surface area contributed by atoms with Gasteiger partial charge in [-0.2, -0.15) is 0 Å². The number of benzene rings is 1. The summed E-state index contributed by atoms with van der Waals surface area (Å²) in [6.45, 7) is 8.33. The minimum absolute atomic E-state index is 0.0340. The van der Waals surface area contributed by atoms with Crippen LogP contribution in [0.3, 0.4) is 0 Å². The first-order chi connectivity index (χ1) is 9.90. The predicted octanol–water partition coefficient (Wildman–Crippen LogP) is 3.35. The maximum Gasteiger partial charge on any atom is 0.272 e. The fourth-order valence-corrected chi connectivity index (χ4v) is 2.51. The fourth-order valence-electron chi connectivity index (χ4n) is 2.51. The van der Waals surface area contributed by atoms with E-state index in [9.17, 15) is 15.2 Å². The van der Waals surface area contributed by atoms with Gasteiger partial charge in [-0.25, -0.2) is 0 Å². The number of hydrogen-bond acceptors (Lipinski definition) is 4. The zero-order valence-corrected chi connectivity index (χ0v) is 13.3. The Balaban J connectivity index is 2.70. The fraction of sp³-hybridized carbons (Fsp3) is 0.625. The van der Waals surface area contributed by atoms with Gasteiger partial charge in [-0.3, -0.25) is 10.1 Å². The Hall–Kier alpha value is -1.46. The Bertz CT molecular complexity index is 473. The van der Waals surface area contributed by atoms with Crippen LogP contribution in [0.25, 0.3) is 0 Å². The van der Waals surface area contributed by atoms with Crippen molar-refractivity contribution in [3.05, 3.63) is 39.4 Å². The topological polar surface area (TPSA) is 75.4 Å². The van der Waals surface area contributed by atoms with Crippen molar-refractivity contribution in [2.24, 2.45) is 5.92 Å². The van der Waals surface area contributed by atoms with Crippen molar-refractivity contribution in [2.45, 2.75) is 52.7 Å². The minimum atomic E-state index is -0.386. The van der Waals surface area contributed by atoms with Crippen LogP contribution in [0.4, 0.5) is 5.69 Å². The summed E-state index contributed by atoms with van der Waals surface area (Å²) in [7, 11) is 0. The van der Waals surface area contributed by atoms with Gasteiger partial charge in [0.2, 0.25) is 0 Å². The van der Waals surface area contributed by atoms with E-state index in [4.69, 9.17) is 0 Å². The van der Waals surface area contributed by atoms with Crippen LogP contribution in [0.1, 0.15) is 50.8 Å². The molecule has 1 aromatic carbocycles. The molecule has 2 unspecified atom stereocenters. The lowest BCUT2D eigenvalue weighted by Crippen LogP contribution is -2.34. The van der Waals surface area contributed by atoms with Gasteiger partial charge in [0.05, 0.1) is 11.0 Å². The van der Waals surface area contributed by atoms with Gasteiger partial charge in [0.25, 0.3) is 5.69 Å². The number of rotatable bonds is 8. The van der Waals surface area contributed by atoms with Gasteiger partial charge < -0.3 is 10.4 Å². The van der Waals surface area contributed by atoms with Gasteiger partial charge in [-0.1, -0.05) is 38.8 Å². The van der Waals surface area contributed by atoms with Gasteiger partial charge in [-0.15, -0.1) is 0 Å². The molecule has 2 atom stereocenters. The zero-order valence-electron chi connectivity index (χ0n) is 13.3. The van der Waals surface area contributed by atoms with E-state index >= 15 is 0 Å². The van der Waals surface area contributed by atoms with Crippen LogP contribution in [0.2, 0.25) is 0 Å². The lowest BCUT2D eigenvalue weighted by molar-refractivity contribution is -0.385. The van der Waals surface area contributed by atoms with Crippen molar-refractivity contribution in [3.63, 3.8) is 0 Å². The number of aryl methyl sites for hydroxylation is 1. The normalized spacial score (nSPS) is 14.2. The molecule has 0 aliphatic rings. The molecule has 0 aliphatic heterocycles. The Labute approximate surface area is 126 Å². The quantitative estimate of drug-likeness (QED) is 0.569. The van der Waals surface area contributed by atoms with Gasteiger partial charge in [-0.05, 0) is 25.3 Å². The molecule has 0 amide bonds. The molecule has 5 heteroatoms. The number of nitrogens with one attached hydrogen (secondary N) is 1. The van der Waals surface area contributed by atoms with Crippen LogP contribution in [0.15, 0.2) is 18.2 Å². The number of aliphatic hydroxyl groups is 1. The number of nitrogens with zero attached hydrogens (tertiary/aromatic N) is 1. The second kappa shape index (κ2) is 8.10. The monoisotopic (exact) mass is 294 g/mol. The smallest absolute Gasteiger partial charge is 0.272 e. The molecule has 1 aromatic rings. The maximum atomic E-state index is 11.0. The van der Waals surface area contributed by atoms with Gasteiger partial charge >= 0.3 is 0 Å². The van der Waals surface area contributed by atoms with Crippen LogP contribution >= 0.6 is 0 Å². The lowest BCUT2D eigenvalue weighted by Gasteiger charge is -2.23. The molecule has 118 valence electrons. The zero-order chi connectivity index (χ0) is 16.0. The van der Waals surface area contributed by atoms with Crippen molar-refractivity contribution in [3.8, 4) is 0 Å². The molecular formula is C16H26N2O3. The average Bonchev–Trinajstić information content (AvgIpc) is 2.46. The molecule has 0 aromatic heterocycles. The van der Waals surface area contributed by atoms with E-state index in [-0.39, 0.29) is 28.7 Å². The molecule has 0 aliphatic carbocycles. The van der Waals surface area contributed by atoms with Crippen molar-refractivity contribution in [1.29, 1.82) is 0 Å². The van der Waals surface area contributed by atoms with E-state index in [0.29, 0.717) is 12.1 Å². The maximum absolute atomic E-state index is 11.0. The van der Waals surface area contributed by atoms with Gasteiger partial charge in [0.1, 0.15) is 0 Å². The van der Waals surface area contributed by atoms with E-state index in [2.05, 4.69) is 19.2 Å². The highest BCUT2D eigenvalue weighted by atomic mass is 16.6. The molecule has 0 bridgehead atoms. The summed E-state index contributed by atoms with van der Waals surface area (Å²) in [6.07, 6.45) is 1.51. The molecular weight excluding hydrogens is 268 g/mol. The Kier molecular flexibility index (Phi) is 6.78. The summed E-state index contributed by atoms with van der Waals surface area (Å²) in [5, 5.41) is 24.4. The van der Waals surface area contributed by atoms with Crippen molar-refractivity contribution in [2.75, 3.05) is 6.54 Å². The molecule has 0 fully saturated rings. The number of nitro benzene ring substituents is 1. The highest BCUT2D eigenvalue weighted by molar-refractivity contribution is 5.43. The number of hydrogen-bond donors (Lipinski definition) is 2. The van der Waals surface area contributed by atoms with E-state index in [1.54, 1.807) is 19.1 Å². The number of nitro groups is 1. The van der Waals surface area contributed by atoms with Crippen LogP contribution in [0, 0.1) is 23.0 Å². The summed E-state index contributed by atoms with van der Waals surface area (Å²) in [5.74, 6) is 0.289. The lowest BCUT2D eigenvalue weighted by atomic mass is 9.96. The Morgan fingerprint density at radius 3 is 2.48 bits per heavy atom. The predicted molar refractivity (Wildman–Crippen MR) is 84.3 cm³/mol. The summed E-state index contributed by atoms with van der Waals surface area (Å²) in [5.41, 5.74) is 1.67. The van der Waals surface area contributed by atoms with Crippen LogP contribution in [-0.2, 0) is 0 Å². The first-order valence-electron chi connectivity index (χ1n) is 7.57. The minimum Gasteiger partial charge on any atom is -0.392 e. The Morgan fingerprint density at radius 1 is 1.33 bits per heavy atom. The van der Waals surface area contributed by atoms with E-state index < -0.39 is 0 Å². The van der Waals surface area contributed by atoms with Crippen molar-refractivity contribution in [1.82, 2.24) is 5.32 Å². The van der Waals surface area contributed by atoms with E-state index in [1.165, 1.54) is 0 Å². The van der Waals surface area contributed by atoms with Gasteiger partial charge in [0.15, 0.2) is 0 Å². The van der Waals surface area contributed by atoms with Gasteiger partial charge in [0, 0.05) is 24.2 Å². The van der Waals surface area contributed by atoms with Crippen LogP contribution < -0.4 is 5.32 Å². The molecule has 21 heavy (non-hydrogen) atoms. The third-order valence-electron chi connectivity index (χ3n) is 4.16. The molecule has 0 spiro atoms. The van der Waals surface area contributed by atoms with E-state index in [0.717, 1.165) is 18.4 Å². The first kappa shape index (κ1) is 17.6. The largest absolute Gasteiger partial charge is 0.392 e. The molecule has 5 nitrogen and oxygen atoms in total. The summed E-state index contributed by atoms with van der Waals surface area (Å²) in [6, 6.07) is 5.23. The molecule has 1 rings (SSSR count). The van der Waals surface area contributed by atoms with E-state index in [1.807, 2.05) is 13.0 Å². The van der Waals surface area contributed by atoms with Crippen molar-refractivity contribution >= 4 is 5.69 Å². The standard InChI is InChI=1S/C16H26N2O3/c1-5-13(6-2)16(19)10-17-12(4)14-8-7-11(3)15(9-14)18(20)21/h7-9,12-13,16-17,19H,5-6,10H2,1-4H3. The third-order valence-corrected chi connectivity index (χ3v) is 4.16. The molecule has 0 heterocycles. The third kappa shape index (κ3) is 4.79. The van der Waals surface area contributed by atoms with Crippen LogP contribution in [-0.4, -0.2) is 22.7 Å². The summed E-state index contributed by atoms with van der Waals surface area (Å²) >= 11 is 0. The van der Waals surface area contributed by atoms with Crippen molar-refractivity contribution < 1.29 is 10.0 Å². The first-order valence-corrected chi connectivity index (χ1v) is 7.57. The summed E-state index contributed by atoms with van der Waals surface area (Å²) < 4.78 is 0. The SMILES string of the molecule is CCC(CC)C(O)CNC(C)c1ccc(C)c([N+](=O)[O-])c1. The average molecular weight is 294 g/mol. The molecule has 0 saturated carbocycles. The second-order valence-electron chi connectivity index (χ2n) is 5.58. The number of aliphatic hydroxyl groups excluding tert-OH is 1. The Morgan fingerprint density at radius 2 is 1.95 bits per heavy atom. The van der Waals surface area contributed by atoms with Crippen LogP contribution in [0.5, 0.6) is 0 Å². The highest BCUT2D eigenvalue weighted by Crippen LogP contribution is 2.23. The summed E-state index contributed by atoms with van der Waals surface area (Å²) in [4.78, 5) is 10.6. The second-order valence-corrected chi connectivity index (χ2v) is 5.58.